The number of rotatable bonds is 5. The van der Waals surface area contributed by atoms with E-state index >= 15 is 0 Å². The Hall–Kier alpha value is -0.990. The van der Waals surface area contributed by atoms with Crippen LogP contribution in [-0.4, -0.2) is 50.1 Å². The Morgan fingerprint density at radius 3 is 2.86 bits per heavy atom. The van der Waals surface area contributed by atoms with Gasteiger partial charge in [0, 0.05) is 38.3 Å². The van der Waals surface area contributed by atoms with Crippen LogP contribution < -0.4 is 14.8 Å². The van der Waals surface area contributed by atoms with E-state index in [0.29, 0.717) is 18.4 Å². The van der Waals surface area contributed by atoms with Gasteiger partial charge in [-0.05, 0) is 35.0 Å². The maximum atomic E-state index is 12.3. The molecule has 1 atom stereocenters. The van der Waals surface area contributed by atoms with E-state index < -0.39 is 6.36 Å². The molecule has 1 fully saturated rings. The number of benzene rings is 1. The third-order valence-electron chi connectivity index (χ3n) is 3.41. The lowest BCUT2D eigenvalue weighted by atomic mass is 10.2. The van der Waals surface area contributed by atoms with Gasteiger partial charge in [-0.25, -0.2) is 0 Å². The van der Waals surface area contributed by atoms with Crippen LogP contribution in [0.4, 0.5) is 13.2 Å². The van der Waals surface area contributed by atoms with Crippen molar-refractivity contribution in [1.82, 2.24) is 10.2 Å². The molecule has 124 valence electrons. The van der Waals surface area contributed by atoms with E-state index in [1.165, 1.54) is 12.1 Å². The molecule has 0 radical (unpaired) electrons. The third kappa shape index (κ3) is 5.33. The summed E-state index contributed by atoms with van der Waals surface area (Å²) in [6.45, 7) is 6.08. The minimum atomic E-state index is -4.72. The van der Waals surface area contributed by atoms with Crippen LogP contribution in [0.1, 0.15) is 6.92 Å². The topological polar surface area (TPSA) is 33.7 Å². The maximum Gasteiger partial charge on any atom is 0.573 e. The summed E-state index contributed by atoms with van der Waals surface area (Å²) < 4.78 is 46.6. The molecule has 0 spiro atoms. The van der Waals surface area contributed by atoms with Gasteiger partial charge in [0.05, 0.1) is 4.47 Å². The van der Waals surface area contributed by atoms with E-state index in [2.05, 4.69) is 37.8 Å². The predicted molar refractivity (Wildman–Crippen MR) is 80.2 cm³/mol. The SMILES string of the molecule is C[C@@H]1CNCCN1CCOc1ccc(Br)c(OC(F)(F)F)c1. The first-order chi connectivity index (χ1) is 10.3. The fourth-order valence-electron chi connectivity index (χ4n) is 2.27. The van der Waals surface area contributed by atoms with Crippen molar-refractivity contribution < 1.29 is 22.6 Å². The molecular formula is C14H18BrF3N2O2. The summed E-state index contributed by atoms with van der Waals surface area (Å²) in [6, 6.07) is 4.74. The van der Waals surface area contributed by atoms with E-state index in [-0.39, 0.29) is 10.2 Å². The first-order valence-electron chi connectivity index (χ1n) is 6.98. The molecule has 0 saturated carbocycles. The lowest BCUT2D eigenvalue weighted by Crippen LogP contribution is -2.50. The molecule has 1 saturated heterocycles. The smallest absolute Gasteiger partial charge is 0.492 e. The van der Waals surface area contributed by atoms with Crippen LogP contribution in [0.3, 0.4) is 0 Å². The van der Waals surface area contributed by atoms with Gasteiger partial charge < -0.3 is 14.8 Å². The zero-order chi connectivity index (χ0) is 16.2. The zero-order valence-corrected chi connectivity index (χ0v) is 13.7. The van der Waals surface area contributed by atoms with Crippen molar-refractivity contribution in [3.63, 3.8) is 0 Å². The monoisotopic (exact) mass is 382 g/mol. The summed E-state index contributed by atoms with van der Waals surface area (Å²) in [7, 11) is 0. The highest BCUT2D eigenvalue weighted by molar-refractivity contribution is 9.10. The van der Waals surface area contributed by atoms with Gasteiger partial charge in [0.2, 0.25) is 0 Å². The van der Waals surface area contributed by atoms with Crippen molar-refractivity contribution in [2.45, 2.75) is 19.3 Å². The lowest BCUT2D eigenvalue weighted by molar-refractivity contribution is -0.274. The minimum absolute atomic E-state index is 0.230. The van der Waals surface area contributed by atoms with Gasteiger partial charge in [-0.1, -0.05) is 0 Å². The summed E-state index contributed by atoms with van der Waals surface area (Å²) in [5.74, 6) is 0.0470. The van der Waals surface area contributed by atoms with Gasteiger partial charge in [-0.2, -0.15) is 0 Å². The highest BCUT2D eigenvalue weighted by Crippen LogP contribution is 2.33. The molecule has 2 rings (SSSR count). The second-order valence-corrected chi connectivity index (χ2v) is 5.93. The predicted octanol–water partition coefficient (Wildman–Crippen LogP) is 3.02. The molecular weight excluding hydrogens is 365 g/mol. The summed E-state index contributed by atoms with van der Waals surface area (Å²) in [4.78, 5) is 2.28. The second-order valence-electron chi connectivity index (χ2n) is 5.08. The maximum absolute atomic E-state index is 12.3. The van der Waals surface area contributed by atoms with E-state index in [9.17, 15) is 13.2 Å². The quantitative estimate of drug-likeness (QED) is 0.848. The fraction of sp³-hybridized carbons (Fsp3) is 0.571. The first kappa shape index (κ1) is 17.4. The molecule has 22 heavy (non-hydrogen) atoms. The van der Waals surface area contributed by atoms with Gasteiger partial charge >= 0.3 is 6.36 Å². The van der Waals surface area contributed by atoms with Crippen LogP contribution in [0.25, 0.3) is 0 Å². The molecule has 0 unspecified atom stereocenters. The van der Waals surface area contributed by atoms with E-state index in [1.807, 2.05) is 0 Å². The van der Waals surface area contributed by atoms with E-state index in [4.69, 9.17) is 4.74 Å². The van der Waals surface area contributed by atoms with Crippen molar-refractivity contribution in [3.05, 3.63) is 22.7 Å². The molecule has 8 heteroatoms. The van der Waals surface area contributed by atoms with Crippen LogP contribution in [0, 0.1) is 0 Å². The number of piperazine rings is 1. The molecule has 0 amide bonds. The standard InChI is InChI=1S/C14H18BrF3N2O2/c1-10-9-19-4-5-20(10)6-7-21-11-2-3-12(15)13(8-11)22-14(16,17)18/h2-3,8,10,19H,4-7,9H2,1H3/t10-/m1/s1. The van der Waals surface area contributed by atoms with Crippen molar-refractivity contribution in [3.8, 4) is 11.5 Å². The highest BCUT2D eigenvalue weighted by Gasteiger charge is 2.32. The summed E-state index contributed by atoms with van der Waals surface area (Å²) in [5.41, 5.74) is 0. The third-order valence-corrected chi connectivity index (χ3v) is 4.07. The van der Waals surface area contributed by atoms with Gasteiger partial charge in [0.1, 0.15) is 18.1 Å². The highest BCUT2D eigenvalue weighted by atomic mass is 79.9. The van der Waals surface area contributed by atoms with E-state index in [0.717, 1.165) is 26.2 Å². The average Bonchev–Trinajstić information content (AvgIpc) is 2.43. The Morgan fingerprint density at radius 1 is 1.41 bits per heavy atom. The van der Waals surface area contributed by atoms with Gasteiger partial charge in [-0.15, -0.1) is 13.2 Å². The van der Waals surface area contributed by atoms with Crippen molar-refractivity contribution in [1.29, 1.82) is 0 Å². The number of alkyl halides is 3. The summed E-state index contributed by atoms with van der Waals surface area (Å²) >= 11 is 3.03. The molecule has 0 bridgehead atoms. The van der Waals surface area contributed by atoms with E-state index in [1.54, 1.807) is 6.07 Å². The zero-order valence-electron chi connectivity index (χ0n) is 12.1. The average molecular weight is 383 g/mol. The number of ether oxygens (including phenoxy) is 2. The Morgan fingerprint density at radius 2 is 2.18 bits per heavy atom. The van der Waals surface area contributed by atoms with Crippen molar-refractivity contribution in [2.75, 3.05) is 32.8 Å². The summed E-state index contributed by atoms with van der Waals surface area (Å²) in [6.07, 6.45) is -4.72. The first-order valence-corrected chi connectivity index (χ1v) is 7.77. The Labute approximate surface area is 135 Å². The molecule has 0 aromatic heterocycles. The number of nitrogens with one attached hydrogen (secondary N) is 1. The molecule has 4 nitrogen and oxygen atoms in total. The molecule has 1 aromatic carbocycles. The molecule has 1 N–H and O–H groups in total. The van der Waals surface area contributed by atoms with Gasteiger partial charge in [0.15, 0.2) is 0 Å². The van der Waals surface area contributed by atoms with Crippen LogP contribution in [-0.2, 0) is 0 Å². The largest absolute Gasteiger partial charge is 0.573 e. The fourth-order valence-corrected chi connectivity index (χ4v) is 2.60. The van der Waals surface area contributed by atoms with Gasteiger partial charge in [-0.3, -0.25) is 4.90 Å². The Bertz CT molecular complexity index is 499. The minimum Gasteiger partial charge on any atom is -0.492 e. The summed E-state index contributed by atoms with van der Waals surface area (Å²) in [5, 5.41) is 3.30. The van der Waals surface area contributed by atoms with Crippen LogP contribution in [0.5, 0.6) is 11.5 Å². The Kier molecular flexibility index (Phi) is 5.94. The molecule has 0 aliphatic carbocycles. The molecule has 1 heterocycles. The van der Waals surface area contributed by atoms with Crippen molar-refractivity contribution in [2.24, 2.45) is 0 Å². The lowest BCUT2D eigenvalue weighted by Gasteiger charge is -2.33. The normalized spacial score (nSPS) is 20.0. The molecule has 1 aliphatic heterocycles. The second kappa shape index (κ2) is 7.52. The molecule has 1 aliphatic rings. The van der Waals surface area contributed by atoms with Crippen LogP contribution in [0.15, 0.2) is 22.7 Å². The van der Waals surface area contributed by atoms with Crippen molar-refractivity contribution >= 4 is 15.9 Å². The number of hydrogen-bond acceptors (Lipinski definition) is 4. The van der Waals surface area contributed by atoms with Crippen LogP contribution in [0.2, 0.25) is 0 Å². The molecule has 1 aromatic rings. The number of hydrogen-bond donors (Lipinski definition) is 1. The number of nitrogens with zero attached hydrogens (tertiary/aromatic N) is 1. The Balaban J connectivity index is 1.88. The van der Waals surface area contributed by atoms with Gasteiger partial charge in [0.25, 0.3) is 0 Å². The number of halogens is 4. The van der Waals surface area contributed by atoms with Crippen LogP contribution >= 0.6 is 15.9 Å².